The molecular formula is C15H29NO3S. The normalized spacial score (nSPS) is 40.7. The molecule has 1 heterocycles. The van der Waals surface area contributed by atoms with Crippen LogP contribution in [0.25, 0.3) is 0 Å². The lowest BCUT2D eigenvalue weighted by molar-refractivity contribution is 0.00871. The fourth-order valence-corrected chi connectivity index (χ4v) is 6.31. The lowest BCUT2D eigenvalue weighted by atomic mass is 9.79. The Labute approximate surface area is 123 Å². The Balaban J connectivity index is 2.13. The first kappa shape index (κ1) is 16.2. The SMILES string of the molecule is COC1CCC(S(=O)(=O)N2CCC[C@H](C)C2)C(C)C1C. The summed E-state index contributed by atoms with van der Waals surface area (Å²) in [5, 5.41) is -0.228. The van der Waals surface area contributed by atoms with Crippen molar-refractivity contribution in [2.24, 2.45) is 17.8 Å². The maximum absolute atomic E-state index is 12.9. The number of hydrogen-bond donors (Lipinski definition) is 0. The second-order valence-corrected chi connectivity index (χ2v) is 8.91. The van der Waals surface area contributed by atoms with Crippen LogP contribution in [0.2, 0.25) is 0 Å². The highest BCUT2D eigenvalue weighted by Gasteiger charge is 2.43. The molecule has 0 bridgehead atoms. The molecular weight excluding hydrogens is 274 g/mol. The maximum Gasteiger partial charge on any atom is 0.217 e. The minimum Gasteiger partial charge on any atom is -0.381 e. The largest absolute Gasteiger partial charge is 0.381 e. The molecule has 0 N–H and O–H groups in total. The molecule has 118 valence electrons. The van der Waals surface area contributed by atoms with Gasteiger partial charge < -0.3 is 4.74 Å². The summed E-state index contributed by atoms with van der Waals surface area (Å²) in [5.74, 6) is 0.952. The van der Waals surface area contributed by atoms with E-state index in [-0.39, 0.29) is 17.3 Å². The monoisotopic (exact) mass is 303 g/mol. The quantitative estimate of drug-likeness (QED) is 0.805. The van der Waals surface area contributed by atoms with Crippen molar-refractivity contribution in [2.45, 2.75) is 57.8 Å². The molecule has 0 aromatic heterocycles. The third-order valence-corrected chi connectivity index (χ3v) is 7.88. The van der Waals surface area contributed by atoms with Gasteiger partial charge >= 0.3 is 0 Å². The van der Waals surface area contributed by atoms with Gasteiger partial charge in [-0.1, -0.05) is 20.8 Å². The van der Waals surface area contributed by atoms with Gasteiger partial charge in [0.2, 0.25) is 10.0 Å². The van der Waals surface area contributed by atoms with Crippen molar-refractivity contribution in [2.75, 3.05) is 20.2 Å². The highest BCUT2D eigenvalue weighted by molar-refractivity contribution is 7.89. The number of piperidine rings is 1. The molecule has 1 saturated heterocycles. The van der Waals surface area contributed by atoms with Gasteiger partial charge in [-0.15, -0.1) is 0 Å². The number of ether oxygens (including phenoxy) is 1. The van der Waals surface area contributed by atoms with E-state index in [4.69, 9.17) is 4.74 Å². The first-order valence-electron chi connectivity index (χ1n) is 7.89. The summed E-state index contributed by atoms with van der Waals surface area (Å²) in [6, 6.07) is 0. The Morgan fingerprint density at radius 2 is 1.75 bits per heavy atom. The van der Waals surface area contributed by atoms with E-state index in [1.165, 1.54) is 0 Å². The fourth-order valence-electron chi connectivity index (χ4n) is 3.85. The third kappa shape index (κ3) is 3.04. The topological polar surface area (TPSA) is 46.6 Å². The minimum atomic E-state index is -3.15. The Hall–Kier alpha value is -0.130. The molecule has 1 aliphatic heterocycles. The van der Waals surface area contributed by atoms with Crippen LogP contribution in [0.5, 0.6) is 0 Å². The first-order valence-corrected chi connectivity index (χ1v) is 9.40. The predicted octanol–water partition coefficient (Wildman–Crippen LogP) is 2.50. The van der Waals surface area contributed by atoms with Crippen LogP contribution in [0.4, 0.5) is 0 Å². The van der Waals surface area contributed by atoms with Gasteiger partial charge in [0, 0.05) is 20.2 Å². The van der Waals surface area contributed by atoms with Gasteiger partial charge in [0.05, 0.1) is 11.4 Å². The first-order chi connectivity index (χ1) is 9.37. The van der Waals surface area contributed by atoms with E-state index in [9.17, 15) is 8.42 Å². The Morgan fingerprint density at radius 3 is 2.35 bits per heavy atom. The molecule has 4 nitrogen and oxygen atoms in total. The predicted molar refractivity (Wildman–Crippen MR) is 81.0 cm³/mol. The summed E-state index contributed by atoms with van der Waals surface area (Å²) in [6.45, 7) is 7.76. The van der Waals surface area contributed by atoms with E-state index in [0.717, 1.165) is 25.7 Å². The van der Waals surface area contributed by atoms with Crippen molar-refractivity contribution in [1.82, 2.24) is 4.31 Å². The summed E-state index contributed by atoms with van der Waals surface area (Å²) in [4.78, 5) is 0. The van der Waals surface area contributed by atoms with Crippen molar-refractivity contribution >= 4 is 10.0 Å². The fraction of sp³-hybridized carbons (Fsp3) is 1.00. The molecule has 1 saturated carbocycles. The summed E-state index contributed by atoms with van der Waals surface area (Å²) >= 11 is 0. The molecule has 1 aliphatic carbocycles. The Kier molecular flexibility index (Phi) is 5.14. The van der Waals surface area contributed by atoms with Gasteiger partial charge in [0.1, 0.15) is 0 Å². The molecule has 5 atom stereocenters. The number of methoxy groups -OCH3 is 1. The molecule has 4 unspecified atom stereocenters. The molecule has 2 rings (SSSR count). The summed E-state index contributed by atoms with van der Waals surface area (Å²) in [6.07, 6.45) is 3.94. The summed E-state index contributed by atoms with van der Waals surface area (Å²) in [7, 11) is -1.42. The standard InChI is InChI=1S/C15H29NO3S/c1-11-6-5-9-16(10-11)20(17,18)15-8-7-14(19-4)12(2)13(15)3/h11-15H,5-10H2,1-4H3/t11-,12?,13?,14?,15?/m0/s1. The van der Waals surface area contributed by atoms with Gasteiger partial charge in [-0.2, -0.15) is 0 Å². The van der Waals surface area contributed by atoms with Crippen LogP contribution >= 0.6 is 0 Å². The Bertz CT molecular complexity index is 423. The van der Waals surface area contributed by atoms with Crippen molar-refractivity contribution in [1.29, 1.82) is 0 Å². The summed E-state index contributed by atoms with van der Waals surface area (Å²) in [5.41, 5.74) is 0. The lowest BCUT2D eigenvalue weighted by Gasteiger charge is -2.41. The van der Waals surface area contributed by atoms with E-state index in [1.54, 1.807) is 11.4 Å². The highest BCUT2D eigenvalue weighted by atomic mass is 32.2. The van der Waals surface area contributed by atoms with Crippen molar-refractivity contribution in [3.63, 3.8) is 0 Å². The summed E-state index contributed by atoms with van der Waals surface area (Å²) < 4.78 is 33.1. The number of nitrogens with zero attached hydrogens (tertiary/aromatic N) is 1. The second kappa shape index (κ2) is 6.32. The molecule has 0 aromatic carbocycles. The van der Waals surface area contributed by atoms with Crippen molar-refractivity contribution < 1.29 is 13.2 Å². The number of rotatable bonds is 3. The molecule has 0 spiro atoms. The van der Waals surface area contributed by atoms with Crippen LogP contribution in [-0.2, 0) is 14.8 Å². The average Bonchev–Trinajstić information content (AvgIpc) is 2.41. The molecule has 5 heteroatoms. The van der Waals surface area contributed by atoms with Crippen LogP contribution < -0.4 is 0 Å². The van der Waals surface area contributed by atoms with Crippen LogP contribution in [0, 0.1) is 17.8 Å². The van der Waals surface area contributed by atoms with Crippen LogP contribution in [0.3, 0.4) is 0 Å². The van der Waals surface area contributed by atoms with E-state index in [2.05, 4.69) is 20.8 Å². The molecule has 2 fully saturated rings. The van der Waals surface area contributed by atoms with E-state index < -0.39 is 10.0 Å². The highest BCUT2D eigenvalue weighted by Crippen LogP contribution is 2.37. The van der Waals surface area contributed by atoms with Crippen LogP contribution in [0.15, 0.2) is 0 Å². The zero-order chi connectivity index (χ0) is 14.9. The van der Waals surface area contributed by atoms with Crippen LogP contribution in [0.1, 0.15) is 46.5 Å². The van der Waals surface area contributed by atoms with Gasteiger partial charge in [-0.05, 0) is 43.4 Å². The number of sulfonamides is 1. The van der Waals surface area contributed by atoms with Gasteiger partial charge in [-0.25, -0.2) is 12.7 Å². The molecule has 0 amide bonds. The maximum atomic E-state index is 12.9. The van der Waals surface area contributed by atoms with Gasteiger partial charge in [0.15, 0.2) is 0 Å². The van der Waals surface area contributed by atoms with Gasteiger partial charge in [-0.3, -0.25) is 0 Å². The lowest BCUT2D eigenvalue weighted by Crippen LogP contribution is -2.50. The molecule has 0 aromatic rings. The molecule has 2 aliphatic rings. The zero-order valence-electron chi connectivity index (χ0n) is 13.2. The average molecular weight is 303 g/mol. The zero-order valence-corrected chi connectivity index (χ0v) is 14.0. The van der Waals surface area contributed by atoms with Crippen LogP contribution in [-0.4, -0.2) is 44.3 Å². The smallest absolute Gasteiger partial charge is 0.217 e. The molecule has 0 radical (unpaired) electrons. The Morgan fingerprint density at radius 1 is 1.05 bits per heavy atom. The van der Waals surface area contributed by atoms with E-state index >= 15 is 0 Å². The van der Waals surface area contributed by atoms with Gasteiger partial charge in [0.25, 0.3) is 0 Å². The molecule has 20 heavy (non-hydrogen) atoms. The van der Waals surface area contributed by atoms with Crippen molar-refractivity contribution in [3.8, 4) is 0 Å². The van der Waals surface area contributed by atoms with Crippen molar-refractivity contribution in [3.05, 3.63) is 0 Å². The number of hydrogen-bond acceptors (Lipinski definition) is 3. The van der Waals surface area contributed by atoms with E-state index in [0.29, 0.717) is 24.9 Å². The van der Waals surface area contributed by atoms with E-state index in [1.807, 2.05) is 0 Å². The third-order valence-electron chi connectivity index (χ3n) is 5.40. The second-order valence-electron chi connectivity index (χ2n) is 6.76. The minimum absolute atomic E-state index is 0.163.